The first-order chi connectivity index (χ1) is 9.83. The molecule has 0 aliphatic heterocycles. The van der Waals surface area contributed by atoms with Crippen LogP contribution in [0.2, 0.25) is 0 Å². The van der Waals surface area contributed by atoms with E-state index in [1.54, 1.807) is 31.8 Å². The van der Waals surface area contributed by atoms with E-state index in [9.17, 15) is 8.42 Å². The molecule has 0 unspecified atom stereocenters. The third-order valence-corrected chi connectivity index (χ3v) is 6.63. The Morgan fingerprint density at radius 1 is 1.33 bits per heavy atom. The molecule has 0 aromatic carbocycles. The fraction of sp³-hybridized carbons (Fsp3) is 0.786. The van der Waals surface area contributed by atoms with Crippen molar-refractivity contribution in [2.24, 2.45) is 12.8 Å². The van der Waals surface area contributed by atoms with Gasteiger partial charge in [-0.3, -0.25) is 0 Å². The van der Waals surface area contributed by atoms with Gasteiger partial charge in [-0.05, 0) is 19.8 Å². The minimum Gasteiger partial charge on any atom is -0.337 e. The molecule has 0 bridgehead atoms. The van der Waals surface area contributed by atoms with Gasteiger partial charge in [-0.2, -0.15) is 4.31 Å². The summed E-state index contributed by atoms with van der Waals surface area (Å²) in [5.74, 6) is 0.685. The zero-order valence-corrected chi connectivity index (χ0v) is 14.0. The number of aryl methyl sites for hydroxylation is 2. The SMILES string of the molecule is Cc1nc(S(=O)(=O)N(C)C2(CN)CCCCCC2)cn1C. The van der Waals surface area contributed by atoms with Crippen LogP contribution >= 0.6 is 0 Å². The fourth-order valence-corrected chi connectivity index (χ4v) is 4.67. The van der Waals surface area contributed by atoms with Gasteiger partial charge in [-0.25, -0.2) is 13.4 Å². The van der Waals surface area contributed by atoms with Gasteiger partial charge in [-0.1, -0.05) is 25.7 Å². The molecule has 6 nitrogen and oxygen atoms in total. The zero-order valence-electron chi connectivity index (χ0n) is 13.2. The van der Waals surface area contributed by atoms with Crippen molar-refractivity contribution in [1.29, 1.82) is 0 Å². The van der Waals surface area contributed by atoms with Gasteiger partial charge in [-0.15, -0.1) is 0 Å². The Labute approximate surface area is 127 Å². The first kappa shape index (κ1) is 16.5. The quantitative estimate of drug-likeness (QED) is 0.852. The van der Waals surface area contributed by atoms with E-state index in [4.69, 9.17) is 5.73 Å². The van der Waals surface area contributed by atoms with Gasteiger partial charge < -0.3 is 10.3 Å². The highest BCUT2D eigenvalue weighted by molar-refractivity contribution is 7.89. The molecule has 1 fully saturated rings. The van der Waals surface area contributed by atoms with Crippen LogP contribution in [0.15, 0.2) is 11.2 Å². The summed E-state index contributed by atoms with van der Waals surface area (Å²) in [7, 11) is -0.158. The van der Waals surface area contributed by atoms with Crippen molar-refractivity contribution in [3.63, 3.8) is 0 Å². The summed E-state index contributed by atoms with van der Waals surface area (Å²) < 4.78 is 28.9. The molecule has 0 radical (unpaired) electrons. The molecule has 7 heteroatoms. The highest BCUT2D eigenvalue weighted by Gasteiger charge is 2.41. The summed E-state index contributed by atoms with van der Waals surface area (Å²) in [6.07, 6.45) is 7.57. The molecule has 120 valence electrons. The summed E-state index contributed by atoms with van der Waals surface area (Å²) in [5, 5.41) is 0.113. The molecule has 21 heavy (non-hydrogen) atoms. The Morgan fingerprint density at radius 3 is 2.33 bits per heavy atom. The average Bonchev–Trinajstić information content (AvgIpc) is 2.69. The number of hydrogen-bond acceptors (Lipinski definition) is 4. The van der Waals surface area contributed by atoms with Gasteiger partial charge in [0.2, 0.25) is 0 Å². The van der Waals surface area contributed by atoms with Crippen molar-refractivity contribution in [3.8, 4) is 0 Å². The summed E-state index contributed by atoms with van der Waals surface area (Å²) in [4.78, 5) is 4.18. The van der Waals surface area contributed by atoms with Gasteiger partial charge in [0.05, 0.1) is 0 Å². The lowest BCUT2D eigenvalue weighted by Gasteiger charge is -2.39. The monoisotopic (exact) mass is 314 g/mol. The molecule has 1 aliphatic carbocycles. The summed E-state index contributed by atoms with van der Waals surface area (Å²) in [6.45, 7) is 2.15. The Kier molecular flexibility index (Phi) is 4.75. The molecule has 0 atom stereocenters. The fourth-order valence-electron chi connectivity index (χ4n) is 3.08. The van der Waals surface area contributed by atoms with Crippen LogP contribution in [-0.2, 0) is 17.1 Å². The van der Waals surface area contributed by atoms with Crippen LogP contribution in [-0.4, -0.2) is 41.4 Å². The van der Waals surface area contributed by atoms with Crippen LogP contribution in [0.4, 0.5) is 0 Å². The van der Waals surface area contributed by atoms with Crippen molar-refractivity contribution in [2.75, 3.05) is 13.6 Å². The summed E-state index contributed by atoms with van der Waals surface area (Å²) >= 11 is 0. The minimum absolute atomic E-state index is 0.113. The van der Waals surface area contributed by atoms with E-state index in [0.29, 0.717) is 12.4 Å². The van der Waals surface area contributed by atoms with E-state index >= 15 is 0 Å². The smallest absolute Gasteiger partial charge is 0.262 e. The second-order valence-electron chi connectivity index (χ2n) is 6.05. The summed E-state index contributed by atoms with van der Waals surface area (Å²) in [5.41, 5.74) is 5.52. The predicted molar refractivity (Wildman–Crippen MR) is 82.4 cm³/mol. The zero-order chi connectivity index (χ0) is 15.7. The Hall–Kier alpha value is -0.920. The molecule has 1 saturated carbocycles. The maximum atomic E-state index is 12.9. The molecule has 1 aliphatic rings. The number of hydrogen-bond donors (Lipinski definition) is 1. The molecule has 2 N–H and O–H groups in total. The maximum absolute atomic E-state index is 12.9. The van der Waals surface area contributed by atoms with Crippen molar-refractivity contribution in [1.82, 2.24) is 13.9 Å². The maximum Gasteiger partial charge on any atom is 0.262 e. The van der Waals surface area contributed by atoms with Gasteiger partial charge in [0.1, 0.15) is 5.82 Å². The molecule has 1 aromatic rings. The van der Waals surface area contributed by atoms with Gasteiger partial charge in [0, 0.05) is 32.4 Å². The van der Waals surface area contributed by atoms with Crippen LogP contribution in [0.25, 0.3) is 0 Å². The van der Waals surface area contributed by atoms with Crippen LogP contribution in [0.1, 0.15) is 44.3 Å². The van der Waals surface area contributed by atoms with Crippen molar-refractivity contribution >= 4 is 10.0 Å². The molecule has 0 spiro atoms. The lowest BCUT2D eigenvalue weighted by Crippen LogP contribution is -2.54. The van der Waals surface area contributed by atoms with Crippen molar-refractivity contribution < 1.29 is 8.42 Å². The van der Waals surface area contributed by atoms with E-state index in [0.717, 1.165) is 38.5 Å². The molecular formula is C14H26N4O2S. The molecule has 1 aromatic heterocycles. The topological polar surface area (TPSA) is 81.2 Å². The van der Waals surface area contributed by atoms with Crippen LogP contribution in [0, 0.1) is 6.92 Å². The number of nitrogens with two attached hydrogens (primary N) is 1. The van der Waals surface area contributed by atoms with Gasteiger partial charge in [0.15, 0.2) is 5.03 Å². The molecule has 0 amide bonds. The van der Waals surface area contributed by atoms with Crippen LogP contribution < -0.4 is 5.73 Å². The van der Waals surface area contributed by atoms with Gasteiger partial charge >= 0.3 is 0 Å². The Balaban J connectivity index is 2.37. The van der Waals surface area contributed by atoms with E-state index in [2.05, 4.69) is 4.98 Å². The number of imidazole rings is 1. The minimum atomic E-state index is -3.61. The first-order valence-corrected chi connectivity index (χ1v) is 8.96. The number of aromatic nitrogens is 2. The molecule has 1 heterocycles. The summed E-state index contributed by atoms with van der Waals surface area (Å²) in [6, 6.07) is 0. The molecule has 0 saturated heterocycles. The predicted octanol–water partition coefficient (Wildman–Crippen LogP) is 1.40. The standard InChI is InChI=1S/C14H26N4O2S/c1-12-16-13(10-17(12)2)21(19,20)18(3)14(11-15)8-6-4-5-7-9-14/h10H,4-9,11,15H2,1-3H3. The molecule has 2 rings (SSSR count). The number of nitrogens with zero attached hydrogens (tertiary/aromatic N) is 3. The third kappa shape index (κ3) is 3.00. The Bertz CT molecular complexity index is 567. The van der Waals surface area contributed by atoms with E-state index in [1.807, 2.05) is 0 Å². The number of rotatable bonds is 4. The van der Waals surface area contributed by atoms with E-state index in [-0.39, 0.29) is 5.03 Å². The van der Waals surface area contributed by atoms with Gasteiger partial charge in [0.25, 0.3) is 10.0 Å². The average molecular weight is 314 g/mol. The molecular weight excluding hydrogens is 288 g/mol. The van der Waals surface area contributed by atoms with Crippen molar-refractivity contribution in [2.45, 2.75) is 56.0 Å². The van der Waals surface area contributed by atoms with Crippen LogP contribution in [0.3, 0.4) is 0 Å². The highest BCUT2D eigenvalue weighted by atomic mass is 32.2. The highest BCUT2D eigenvalue weighted by Crippen LogP contribution is 2.34. The van der Waals surface area contributed by atoms with E-state index in [1.165, 1.54) is 4.31 Å². The van der Waals surface area contributed by atoms with Crippen molar-refractivity contribution in [3.05, 3.63) is 12.0 Å². The van der Waals surface area contributed by atoms with E-state index < -0.39 is 15.6 Å². The second-order valence-corrected chi connectivity index (χ2v) is 7.97. The largest absolute Gasteiger partial charge is 0.337 e. The number of sulfonamides is 1. The lowest BCUT2D eigenvalue weighted by molar-refractivity contribution is 0.195. The second kappa shape index (κ2) is 6.06. The number of likely N-dealkylation sites (N-methyl/N-ethyl adjacent to an activating group) is 1. The Morgan fingerprint density at radius 2 is 1.90 bits per heavy atom. The first-order valence-electron chi connectivity index (χ1n) is 7.52. The van der Waals surface area contributed by atoms with Crippen LogP contribution in [0.5, 0.6) is 0 Å². The normalized spacial score (nSPS) is 19.7. The lowest BCUT2D eigenvalue weighted by atomic mass is 9.90. The third-order valence-electron chi connectivity index (χ3n) is 4.79.